The van der Waals surface area contributed by atoms with Crippen molar-refractivity contribution in [2.75, 3.05) is 12.3 Å². The van der Waals surface area contributed by atoms with Gasteiger partial charge in [-0.15, -0.1) is 11.3 Å². The number of carbonyl (C=O) groups excluding carboxylic acids is 1. The van der Waals surface area contributed by atoms with Crippen LogP contribution >= 0.6 is 11.3 Å². The quantitative estimate of drug-likeness (QED) is 0.909. The molecule has 1 fully saturated rings. The van der Waals surface area contributed by atoms with Crippen LogP contribution < -0.4 is 11.1 Å². The van der Waals surface area contributed by atoms with E-state index in [0.717, 1.165) is 34.8 Å². The van der Waals surface area contributed by atoms with E-state index < -0.39 is 0 Å². The van der Waals surface area contributed by atoms with Gasteiger partial charge in [0, 0.05) is 13.6 Å². The molecule has 0 bridgehead atoms. The Morgan fingerprint density at radius 2 is 2.30 bits per heavy atom. The van der Waals surface area contributed by atoms with Crippen LogP contribution in [0.4, 0.5) is 5.69 Å². The van der Waals surface area contributed by atoms with E-state index in [2.05, 4.69) is 10.4 Å². The molecule has 1 amide bonds. The highest BCUT2D eigenvalue weighted by Crippen LogP contribution is 2.35. The molecule has 0 spiro atoms. The lowest BCUT2D eigenvalue weighted by Gasteiger charge is -2.25. The van der Waals surface area contributed by atoms with Gasteiger partial charge in [0.25, 0.3) is 5.91 Å². The number of nitrogens with one attached hydrogen (secondary N) is 1. The van der Waals surface area contributed by atoms with E-state index in [-0.39, 0.29) is 5.91 Å². The summed E-state index contributed by atoms with van der Waals surface area (Å²) in [5, 5.41) is 8.24. The lowest BCUT2D eigenvalue weighted by molar-refractivity contribution is 0.0954. The first-order valence-electron chi connectivity index (χ1n) is 7.07. The number of nitrogen functional groups attached to an aromatic ring is 1. The Morgan fingerprint density at radius 3 is 2.90 bits per heavy atom. The molecule has 2 heterocycles. The van der Waals surface area contributed by atoms with Gasteiger partial charge in [0.15, 0.2) is 0 Å². The summed E-state index contributed by atoms with van der Waals surface area (Å²) in [5.41, 5.74) is 7.57. The third kappa shape index (κ3) is 2.18. The monoisotopic (exact) mass is 292 g/mol. The summed E-state index contributed by atoms with van der Waals surface area (Å²) in [6.45, 7) is 2.66. The fraction of sp³-hybridized carbons (Fsp3) is 0.571. The smallest absolute Gasteiger partial charge is 0.263 e. The summed E-state index contributed by atoms with van der Waals surface area (Å²) >= 11 is 1.42. The first-order valence-corrected chi connectivity index (χ1v) is 7.89. The number of aromatic nitrogens is 2. The molecule has 3 N–H and O–H groups in total. The van der Waals surface area contributed by atoms with Gasteiger partial charge in [-0.25, -0.2) is 0 Å². The number of rotatable bonds is 4. The highest BCUT2D eigenvalue weighted by atomic mass is 32.1. The Labute approximate surface area is 122 Å². The normalized spacial score (nSPS) is 15.5. The van der Waals surface area contributed by atoms with E-state index in [0.29, 0.717) is 10.6 Å². The third-order valence-corrected chi connectivity index (χ3v) is 5.42. The minimum atomic E-state index is -0.0533. The topological polar surface area (TPSA) is 72.9 Å². The predicted octanol–water partition coefficient (Wildman–Crippen LogP) is 2.45. The Morgan fingerprint density at radius 1 is 1.55 bits per heavy atom. The van der Waals surface area contributed by atoms with Gasteiger partial charge in [-0.3, -0.25) is 9.48 Å². The molecule has 2 aromatic heterocycles. The zero-order valence-electron chi connectivity index (χ0n) is 11.9. The van der Waals surface area contributed by atoms with Gasteiger partial charge in [0.05, 0.1) is 16.8 Å². The van der Waals surface area contributed by atoms with Gasteiger partial charge in [0.1, 0.15) is 9.71 Å². The summed E-state index contributed by atoms with van der Waals surface area (Å²) < 4.78 is 1.79. The van der Waals surface area contributed by atoms with Crippen molar-refractivity contribution in [3.05, 3.63) is 10.6 Å². The van der Waals surface area contributed by atoms with E-state index in [9.17, 15) is 4.79 Å². The zero-order chi connectivity index (χ0) is 14.3. The summed E-state index contributed by atoms with van der Waals surface area (Å²) in [6, 6.07) is 0. The second-order valence-electron chi connectivity index (χ2n) is 5.58. The summed E-state index contributed by atoms with van der Waals surface area (Å²) in [5.74, 6) is 0.754. The second-order valence-corrected chi connectivity index (χ2v) is 6.57. The minimum Gasteiger partial charge on any atom is -0.397 e. The van der Waals surface area contributed by atoms with E-state index in [1.54, 1.807) is 4.68 Å². The number of hydrogen-bond acceptors (Lipinski definition) is 4. The molecule has 1 saturated carbocycles. The van der Waals surface area contributed by atoms with Crippen LogP contribution in [0.2, 0.25) is 0 Å². The van der Waals surface area contributed by atoms with Gasteiger partial charge in [-0.05, 0) is 19.3 Å². The first kappa shape index (κ1) is 13.4. The molecule has 6 heteroatoms. The Balaban J connectivity index is 1.73. The van der Waals surface area contributed by atoms with Crippen LogP contribution in [0.1, 0.15) is 41.0 Å². The molecule has 0 saturated heterocycles. The lowest BCUT2D eigenvalue weighted by atomic mass is 9.83. The molecule has 0 unspecified atom stereocenters. The van der Waals surface area contributed by atoms with E-state index in [1.807, 2.05) is 14.0 Å². The molecule has 3 rings (SSSR count). The maximum atomic E-state index is 12.2. The molecule has 20 heavy (non-hydrogen) atoms. The van der Waals surface area contributed by atoms with Gasteiger partial charge in [0.2, 0.25) is 0 Å². The molecule has 2 aromatic rings. The van der Waals surface area contributed by atoms with Gasteiger partial charge in [-0.1, -0.05) is 19.3 Å². The van der Waals surface area contributed by atoms with Crippen molar-refractivity contribution in [1.29, 1.82) is 0 Å². The van der Waals surface area contributed by atoms with Crippen LogP contribution in [0.3, 0.4) is 0 Å². The molecule has 0 aromatic carbocycles. The van der Waals surface area contributed by atoms with E-state index in [1.165, 1.54) is 30.6 Å². The number of nitrogens with two attached hydrogens (primary N) is 1. The highest BCUT2D eigenvalue weighted by Gasteiger charge is 2.21. The maximum absolute atomic E-state index is 12.2. The molecular weight excluding hydrogens is 272 g/mol. The van der Waals surface area contributed by atoms with Crippen LogP contribution in [-0.2, 0) is 7.05 Å². The molecule has 0 atom stereocenters. The highest BCUT2D eigenvalue weighted by molar-refractivity contribution is 7.21. The van der Waals surface area contributed by atoms with Gasteiger partial charge < -0.3 is 11.1 Å². The molecule has 1 aliphatic carbocycles. The minimum absolute atomic E-state index is 0.0533. The summed E-state index contributed by atoms with van der Waals surface area (Å²) in [4.78, 5) is 13.8. The fourth-order valence-corrected chi connectivity index (χ4v) is 3.85. The average Bonchev–Trinajstić information content (AvgIpc) is 2.82. The number of thiophene rings is 1. The molecule has 5 nitrogen and oxygen atoms in total. The number of fused-ring (bicyclic) bond motifs is 1. The number of carbonyl (C=O) groups is 1. The average molecular weight is 292 g/mol. The van der Waals surface area contributed by atoms with E-state index in [4.69, 9.17) is 5.73 Å². The second kappa shape index (κ2) is 5.09. The van der Waals surface area contributed by atoms with Crippen molar-refractivity contribution >= 4 is 33.1 Å². The Kier molecular flexibility index (Phi) is 3.41. The van der Waals surface area contributed by atoms with Crippen molar-refractivity contribution in [3.63, 3.8) is 0 Å². The van der Waals surface area contributed by atoms with Gasteiger partial charge >= 0.3 is 0 Å². The van der Waals surface area contributed by atoms with Crippen LogP contribution in [0.15, 0.2) is 0 Å². The zero-order valence-corrected chi connectivity index (χ0v) is 12.7. The van der Waals surface area contributed by atoms with Crippen LogP contribution in [-0.4, -0.2) is 22.2 Å². The number of nitrogens with zero attached hydrogens (tertiary/aromatic N) is 2. The fourth-order valence-electron chi connectivity index (χ4n) is 2.75. The number of hydrogen-bond donors (Lipinski definition) is 2. The molecule has 0 radical (unpaired) electrons. The third-order valence-electron chi connectivity index (χ3n) is 4.15. The molecule has 0 aliphatic heterocycles. The Bertz CT molecular complexity index is 654. The maximum Gasteiger partial charge on any atom is 0.263 e. The van der Waals surface area contributed by atoms with Crippen molar-refractivity contribution in [3.8, 4) is 0 Å². The van der Waals surface area contributed by atoms with Crippen LogP contribution in [0.5, 0.6) is 0 Å². The molecule has 108 valence electrons. The molecular formula is C14H20N4OS. The number of aryl methyl sites for hydroxylation is 2. The SMILES string of the molecule is Cc1nn(C)c2sc(C(=O)NCCC3CCC3)c(N)c12. The first-order chi connectivity index (χ1) is 9.58. The predicted molar refractivity (Wildman–Crippen MR) is 82.0 cm³/mol. The number of anilines is 1. The van der Waals surface area contributed by atoms with E-state index >= 15 is 0 Å². The lowest BCUT2D eigenvalue weighted by Crippen LogP contribution is -2.27. The molecule has 1 aliphatic rings. The standard InChI is InChI=1S/C14H20N4OS/c1-8-10-11(15)12(20-14(10)18(2)17-8)13(19)16-7-6-9-4-3-5-9/h9H,3-7,15H2,1-2H3,(H,16,19). The Hall–Kier alpha value is -1.56. The summed E-state index contributed by atoms with van der Waals surface area (Å²) in [6.07, 6.45) is 5.04. The van der Waals surface area contributed by atoms with Crippen molar-refractivity contribution in [2.24, 2.45) is 13.0 Å². The summed E-state index contributed by atoms with van der Waals surface area (Å²) in [7, 11) is 1.88. The van der Waals surface area contributed by atoms with Gasteiger partial charge in [-0.2, -0.15) is 5.10 Å². The van der Waals surface area contributed by atoms with Crippen molar-refractivity contribution in [2.45, 2.75) is 32.6 Å². The van der Waals surface area contributed by atoms with Crippen molar-refractivity contribution < 1.29 is 4.79 Å². The largest absolute Gasteiger partial charge is 0.397 e. The number of amides is 1. The van der Waals surface area contributed by atoms with Crippen molar-refractivity contribution in [1.82, 2.24) is 15.1 Å². The van der Waals surface area contributed by atoms with Crippen LogP contribution in [0.25, 0.3) is 10.2 Å². The van der Waals surface area contributed by atoms with Crippen LogP contribution in [0, 0.1) is 12.8 Å².